The Kier molecular flexibility index (Phi) is 5.51. The molecule has 0 bridgehead atoms. The molecular formula is C14H27NS. The number of thioether (sulfide) groups is 1. The van der Waals surface area contributed by atoms with Gasteiger partial charge in [-0.05, 0) is 44.5 Å². The SMILES string of the molecule is CCSC1CCN(C2CCCCCC2)CC1. The Balaban J connectivity index is 1.74. The molecule has 0 aromatic rings. The van der Waals surface area contributed by atoms with Gasteiger partial charge < -0.3 is 4.90 Å². The molecule has 0 aromatic carbocycles. The van der Waals surface area contributed by atoms with Crippen LogP contribution >= 0.6 is 11.8 Å². The van der Waals surface area contributed by atoms with Crippen LogP contribution in [0.1, 0.15) is 58.3 Å². The lowest BCUT2D eigenvalue weighted by atomic mass is 10.0. The minimum absolute atomic E-state index is 0.940. The van der Waals surface area contributed by atoms with E-state index in [-0.39, 0.29) is 0 Å². The van der Waals surface area contributed by atoms with Gasteiger partial charge in [-0.3, -0.25) is 0 Å². The minimum Gasteiger partial charge on any atom is -0.300 e. The van der Waals surface area contributed by atoms with E-state index in [1.165, 1.54) is 70.2 Å². The van der Waals surface area contributed by atoms with Gasteiger partial charge in [0.15, 0.2) is 0 Å². The summed E-state index contributed by atoms with van der Waals surface area (Å²) in [6.45, 7) is 5.05. The number of nitrogens with zero attached hydrogens (tertiary/aromatic N) is 1. The summed E-state index contributed by atoms with van der Waals surface area (Å²) >= 11 is 2.18. The summed E-state index contributed by atoms with van der Waals surface area (Å²) in [5, 5.41) is 0.965. The highest BCUT2D eigenvalue weighted by Gasteiger charge is 2.25. The molecule has 0 amide bonds. The number of rotatable bonds is 3. The Morgan fingerprint density at radius 1 is 0.938 bits per heavy atom. The third-order valence-electron chi connectivity index (χ3n) is 4.22. The first-order valence-electron chi connectivity index (χ1n) is 7.26. The fourth-order valence-corrected chi connectivity index (χ4v) is 4.28. The third kappa shape index (κ3) is 3.66. The van der Waals surface area contributed by atoms with Crippen molar-refractivity contribution >= 4 is 11.8 Å². The lowest BCUT2D eigenvalue weighted by molar-refractivity contribution is 0.152. The van der Waals surface area contributed by atoms with Crippen molar-refractivity contribution < 1.29 is 0 Å². The summed E-state index contributed by atoms with van der Waals surface area (Å²) in [5.41, 5.74) is 0. The molecule has 1 saturated heterocycles. The maximum Gasteiger partial charge on any atom is 0.00952 e. The standard InChI is InChI=1S/C14H27NS/c1-2-16-14-9-11-15(12-10-14)13-7-5-3-4-6-8-13/h13-14H,2-12H2,1H3. The minimum atomic E-state index is 0.940. The van der Waals surface area contributed by atoms with Crippen LogP contribution in [0.15, 0.2) is 0 Å². The predicted octanol–water partition coefficient (Wildman–Crippen LogP) is 3.93. The van der Waals surface area contributed by atoms with Crippen LogP contribution in [0.2, 0.25) is 0 Å². The molecule has 0 atom stereocenters. The second-order valence-corrected chi connectivity index (χ2v) is 6.91. The predicted molar refractivity (Wildman–Crippen MR) is 74.2 cm³/mol. The molecule has 1 saturated carbocycles. The molecule has 1 nitrogen and oxygen atoms in total. The zero-order valence-electron chi connectivity index (χ0n) is 10.8. The van der Waals surface area contributed by atoms with Crippen LogP contribution in [-0.2, 0) is 0 Å². The lowest BCUT2D eigenvalue weighted by Gasteiger charge is -2.37. The van der Waals surface area contributed by atoms with Crippen LogP contribution in [0.3, 0.4) is 0 Å². The van der Waals surface area contributed by atoms with Gasteiger partial charge in [0, 0.05) is 11.3 Å². The number of hydrogen-bond acceptors (Lipinski definition) is 2. The van der Waals surface area contributed by atoms with Gasteiger partial charge in [-0.15, -0.1) is 0 Å². The van der Waals surface area contributed by atoms with Crippen LogP contribution in [0, 0.1) is 0 Å². The molecule has 0 N–H and O–H groups in total. The van der Waals surface area contributed by atoms with E-state index >= 15 is 0 Å². The van der Waals surface area contributed by atoms with Crippen LogP contribution in [0.4, 0.5) is 0 Å². The highest BCUT2D eigenvalue weighted by molar-refractivity contribution is 7.99. The Labute approximate surface area is 105 Å². The first-order valence-corrected chi connectivity index (χ1v) is 8.30. The fourth-order valence-electron chi connectivity index (χ4n) is 3.27. The van der Waals surface area contributed by atoms with Crippen molar-refractivity contribution in [3.63, 3.8) is 0 Å². The maximum atomic E-state index is 2.80. The molecule has 16 heavy (non-hydrogen) atoms. The molecule has 2 fully saturated rings. The average Bonchev–Trinajstić information content (AvgIpc) is 2.59. The van der Waals surface area contributed by atoms with Gasteiger partial charge in [0.25, 0.3) is 0 Å². The van der Waals surface area contributed by atoms with Gasteiger partial charge in [0.2, 0.25) is 0 Å². The maximum absolute atomic E-state index is 2.80. The van der Waals surface area contributed by atoms with Crippen LogP contribution < -0.4 is 0 Å². The first kappa shape index (κ1) is 12.8. The Hall–Kier alpha value is 0.310. The zero-order chi connectivity index (χ0) is 11.2. The molecule has 0 aromatic heterocycles. The molecule has 2 heteroatoms. The molecule has 94 valence electrons. The smallest absolute Gasteiger partial charge is 0.00952 e. The summed E-state index contributed by atoms with van der Waals surface area (Å²) in [5.74, 6) is 1.30. The Bertz CT molecular complexity index is 179. The van der Waals surface area contributed by atoms with Crippen LogP contribution in [0.5, 0.6) is 0 Å². The summed E-state index contributed by atoms with van der Waals surface area (Å²) in [7, 11) is 0. The van der Waals surface area contributed by atoms with Crippen molar-refractivity contribution in [1.82, 2.24) is 4.90 Å². The zero-order valence-corrected chi connectivity index (χ0v) is 11.6. The molecule has 1 aliphatic carbocycles. The van der Waals surface area contributed by atoms with E-state index in [1.807, 2.05) is 0 Å². The third-order valence-corrected chi connectivity index (χ3v) is 5.50. The number of hydrogen-bond donors (Lipinski definition) is 0. The normalized spacial score (nSPS) is 26.8. The van der Waals surface area contributed by atoms with Crippen molar-refractivity contribution in [2.75, 3.05) is 18.8 Å². The van der Waals surface area contributed by atoms with Gasteiger partial charge in [0.05, 0.1) is 0 Å². The Morgan fingerprint density at radius 2 is 1.56 bits per heavy atom. The second-order valence-electron chi connectivity index (χ2n) is 5.34. The van der Waals surface area contributed by atoms with Crippen molar-refractivity contribution in [3.05, 3.63) is 0 Å². The highest BCUT2D eigenvalue weighted by atomic mass is 32.2. The first-order chi connectivity index (χ1) is 7.90. The highest BCUT2D eigenvalue weighted by Crippen LogP contribution is 2.28. The molecular weight excluding hydrogens is 214 g/mol. The van der Waals surface area contributed by atoms with Gasteiger partial charge in [-0.25, -0.2) is 0 Å². The van der Waals surface area contributed by atoms with Crippen molar-refractivity contribution in [2.45, 2.75) is 69.6 Å². The molecule has 1 heterocycles. The van der Waals surface area contributed by atoms with Crippen LogP contribution in [-0.4, -0.2) is 35.0 Å². The van der Waals surface area contributed by atoms with Gasteiger partial charge in [0.1, 0.15) is 0 Å². The van der Waals surface area contributed by atoms with E-state index in [2.05, 4.69) is 23.6 Å². The fraction of sp³-hybridized carbons (Fsp3) is 1.00. The molecule has 0 radical (unpaired) electrons. The summed E-state index contributed by atoms with van der Waals surface area (Å²) in [6, 6.07) is 0.940. The van der Waals surface area contributed by atoms with Gasteiger partial charge >= 0.3 is 0 Å². The summed E-state index contributed by atoms with van der Waals surface area (Å²) in [6.07, 6.45) is 11.8. The number of likely N-dealkylation sites (tertiary alicyclic amines) is 1. The van der Waals surface area contributed by atoms with Gasteiger partial charge in [-0.2, -0.15) is 11.8 Å². The molecule has 2 rings (SSSR count). The van der Waals surface area contributed by atoms with Crippen LogP contribution in [0.25, 0.3) is 0 Å². The lowest BCUT2D eigenvalue weighted by Crippen LogP contribution is -2.42. The monoisotopic (exact) mass is 241 g/mol. The van der Waals surface area contributed by atoms with Crippen molar-refractivity contribution in [3.8, 4) is 0 Å². The Morgan fingerprint density at radius 3 is 2.12 bits per heavy atom. The van der Waals surface area contributed by atoms with E-state index in [0.29, 0.717) is 0 Å². The van der Waals surface area contributed by atoms with E-state index in [9.17, 15) is 0 Å². The molecule has 2 aliphatic rings. The largest absolute Gasteiger partial charge is 0.300 e. The summed E-state index contributed by atoms with van der Waals surface area (Å²) < 4.78 is 0. The average molecular weight is 241 g/mol. The second kappa shape index (κ2) is 6.90. The van der Waals surface area contributed by atoms with E-state index < -0.39 is 0 Å². The van der Waals surface area contributed by atoms with E-state index in [0.717, 1.165) is 11.3 Å². The summed E-state index contributed by atoms with van der Waals surface area (Å²) in [4.78, 5) is 2.80. The van der Waals surface area contributed by atoms with Crippen molar-refractivity contribution in [1.29, 1.82) is 0 Å². The molecule has 0 unspecified atom stereocenters. The van der Waals surface area contributed by atoms with Gasteiger partial charge in [-0.1, -0.05) is 32.6 Å². The molecule has 1 aliphatic heterocycles. The van der Waals surface area contributed by atoms with E-state index in [1.54, 1.807) is 0 Å². The van der Waals surface area contributed by atoms with Crippen molar-refractivity contribution in [2.24, 2.45) is 0 Å². The topological polar surface area (TPSA) is 3.24 Å². The molecule has 0 spiro atoms. The number of piperidine rings is 1. The van der Waals surface area contributed by atoms with E-state index in [4.69, 9.17) is 0 Å². The quantitative estimate of drug-likeness (QED) is 0.689.